The molecule has 0 unspecified atom stereocenters. The number of anilines is 1. The molecule has 8 heteroatoms. The van der Waals surface area contributed by atoms with E-state index in [2.05, 4.69) is 5.32 Å². The first-order valence-electron chi connectivity index (χ1n) is 7.57. The van der Waals surface area contributed by atoms with Gasteiger partial charge < -0.3 is 19.9 Å². The van der Waals surface area contributed by atoms with Crippen LogP contribution in [0.4, 0.5) is 5.69 Å². The number of amides is 3. The molecule has 1 aliphatic rings. The van der Waals surface area contributed by atoms with Crippen LogP contribution >= 0.6 is 11.6 Å². The molecule has 0 radical (unpaired) electrons. The predicted molar refractivity (Wildman–Crippen MR) is 90.1 cm³/mol. The van der Waals surface area contributed by atoms with Crippen LogP contribution in [0.1, 0.15) is 13.3 Å². The van der Waals surface area contributed by atoms with Crippen molar-refractivity contribution in [3.8, 4) is 5.75 Å². The maximum absolute atomic E-state index is 12.2. The zero-order valence-electron chi connectivity index (χ0n) is 13.7. The van der Waals surface area contributed by atoms with Gasteiger partial charge >= 0.3 is 0 Å². The summed E-state index contributed by atoms with van der Waals surface area (Å²) in [6, 6.07) is 4.86. The van der Waals surface area contributed by atoms with E-state index in [1.807, 2.05) is 0 Å². The van der Waals surface area contributed by atoms with Crippen molar-refractivity contribution in [3.05, 3.63) is 23.2 Å². The lowest BCUT2D eigenvalue weighted by molar-refractivity contribution is -0.140. The molecule has 1 fully saturated rings. The molecule has 2 rings (SSSR count). The van der Waals surface area contributed by atoms with Gasteiger partial charge in [-0.25, -0.2) is 0 Å². The number of carbonyl (C=O) groups excluding carboxylic acids is 3. The van der Waals surface area contributed by atoms with Gasteiger partial charge in [0.05, 0.1) is 12.1 Å². The molecule has 3 amide bonds. The second kappa shape index (κ2) is 8.01. The summed E-state index contributed by atoms with van der Waals surface area (Å²) in [5.41, 5.74) is 0.500. The van der Waals surface area contributed by atoms with Gasteiger partial charge in [0, 0.05) is 38.8 Å². The van der Waals surface area contributed by atoms with Crippen molar-refractivity contribution in [2.45, 2.75) is 13.3 Å². The fourth-order valence-electron chi connectivity index (χ4n) is 2.47. The van der Waals surface area contributed by atoms with Crippen molar-refractivity contribution in [2.24, 2.45) is 0 Å². The van der Waals surface area contributed by atoms with E-state index in [1.165, 1.54) is 14.0 Å². The van der Waals surface area contributed by atoms with E-state index in [-0.39, 0.29) is 18.2 Å². The number of rotatable bonds is 4. The van der Waals surface area contributed by atoms with E-state index in [0.717, 1.165) is 0 Å². The molecule has 0 spiro atoms. The summed E-state index contributed by atoms with van der Waals surface area (Å²) in [5, 5.41) is 3.02. The fraction of sp³-hybridized carbons (Fsp3) is 0.438. The number of benzene rings is 1. The Labute approximate surface area is 145 Å². The third-order valence-corrected chi connectivity index (χ3v) is 4.12. The van der Waals surface area contributed by atoms with Crippen LogP contribution in [0.25, 0.3) is 0 Å². The number of carbonyl (C=O) groups is 3. The number of halogens is 1. The zero-order chi connectivity index (χ0) is 17.7. The van der Waals surface area contributed by atoms with Crippen LogP contribution in [-0.2, 0) is 14.4 Å². The van der Waals surface area contributed by atoms with Crippen LogP contribution in [-0.4, -0.2) is 60.8 Å². The summed E-state index contributed by atoms with van der Waals surface area (Å²) in [5.74, 6) is -0.157. The number of hydrogen-bond acceptors (Lipinski definition) is 4. The second-order valence-corrected chi connectivity index (χ2v) is 5.87. The Hall–Kier alpha value is -2.28. The number of piperazine rings is 1. The number of methoxy groups -OCH3 is 1. The van der Waals surface area contributed by atoms with Gasteiger partial charge in [-0.05, 0) is 18.2 Å². The summed E-state index contributed by atoms with van der Waals surface area (Å²) in [7, 11) is 1.50. The zero-order valence-corrected chi connectivity index (χ0v) is 14.4. The van der Waals surface area contributed by atoms with Crippen LogP contribution < -0.4 is 10.1 Å². The van der Waals surface area contributed by atoms with Crippen molar-refractivity contribution in [1.29, 1.82) is 0 Å². The first kappa shape index (κ1) is 18.1. The summed E-state index contributed by atoms with van der Waals surface area (Å²) < 4.78 is 5.04. The highest BCUT2D eigenvalue weighted by Gasteiger charge is 2.23. The highest BCUT2D eigenvalue weighted by atomic mass is 35.5. The highest BCUT2D eigenvalue weighted by molar-refractivity contribution is 6.32. The lowest BCUT2D eigenvalue weighted by Crippen LogP contribution is -2.50. The molecule has 1 heterocycles. The van der Waals surface area contributed by atoms with E-state index in [9.17, 15) is 14.4 Å². The molecule has 130 valence electrons. The average molecular weight is 354 g/mol. The summed E-state index contributed by atoms with van der Waals surface area (Å²) in [6.45, 7) is 3.39. The molecular weight excluding hydrogens is 334 g/mol. The minimum atomic E-state index is -0.407. The molecular formula is C16H20ClN3O4. The van der Waals surface area contributed by atoms with E-state index in [0.29, 0.717) is 42.6 Å². The van der Waals surface area contributed by atoms with Crippen molar-refractivity contribution in [1.82, 2.24) is 9.80 Å². The molecule has 0 atom stereocenters. The standard InChI is InChI=1S/C16H20ClN3O4/c1-11(21)19-5-7-20(8-6-19)16(23)10-15(22)18-12-3-4-14(24-2)13(17)9-12/h3-4,9H,5-8,10H2,1-2H3,(H,18,22). The topological polar surface area (TPSA) is 79.0 Å². The maximum atomic E-state index is 12.2. The van der Waals surface area contributed by atoms with Crippen LogP contribution in [0, 0.1) is 0 Å². The Morgan fingerprint density at radius 2 is 1.79 bits per heavy atom. The SMILES string of the molecule is COc1ccc(NC(=O)CC(=O)N2CCN(C(C)=O)CC2)cc1Cl. The Kier molecular flexibility index (Phi) is 6.03. The van der Waals surface area contributed by atoms with E-state index < -0.39 is 5.91 Å². The van der Waals surface area contributed by atoms with E-state index >= 15 is 0 Å². The number of nitrogens with zero attached hydrogens (tertiary/aromatic N) is 2. The van der Waals surface area contributed by atoms with Crippen LogP contribution in [0.2, 0.25) is 5.02 Å². The monoisotopic (exact) mass is 353 g/mol. The molecule has 24 heavy (non-hydrogen) atoms. The van der Waals surface area contributed by atoms with Crippen molar-refractivity contribution < 1.29 is 19.1 Å². The lowest BCUT2D eigenvalue weighted by Gasteiger charge is -2.34. The molecule has 0 aliphatic carbocycles. The molecule has 0 aromatic heterocycles. The minimum Gasteiger partial charge on any atom is -0.495 e. The molecule has 1 saturated heterocycles. The average Bonchev–Trinajstić information content (AvgIpc) is 2.55. The molecule has 1 aliphatic heterocycles. The van der Waals surface area contributed by atoms with E-state index in [1.54, 1.807) is 28.0 Å². The molecule has 0 bridgehead atoms. The Morgan fingerprint density at radius 3 is 2.33 bits per heavy atom. The van der Waals surface area contributed by atoms with Gasteiger partial charge in [0.1, 0.15) is 12.2 Å². The first-order valence-corrected chi connectivity index (χ1v) is 7.95. The van der Waals surface area contributed by atoms with Crippen molar-refractivity contribution in [3.63, 3.8) is 0 Å². The van der Waals surface area contributed by atoms with Gasteiger partial charge in [-0.3, -0.25) is 14.4 Å². The fourth-order valence-corrected chi connectivity index (χ4v) is 2.73. The smallest absolute Gasteiger partial charge is 0.233 e. The second-order valence-electron chi connectivity index (χ2n) is 5.46. The first-order chi connectivity index (χ1) is 11.4. The molecule has 1 aromatic rings. The Balaban J connectivity index is 1.85. The maximum Gasteiger partial charge on any atom is 0.233 e. The Bertz CT molecular complexity index is 642. The number of nitrogens with one attached hydrogen (secondary N) is 1. The molecule has 1 N–H and O–H groups in total. The quantitative estimate of drug-likeness (QED) is 0.829. The van der Waals surface area contributed by atoms with Gasteiger partial charge in [-0.15, -0.1) is 0 Å². The lowest BCUT2D eigenvalue weighted by atomic mass is 10.2. The van der Waals surface area contributed by atoms with Gasteiger partial charge in [-0.1, -0.05) is 11.6 Å². The molecule has 0 saturated carbocycles. The van der Waals surface area contributed by atoms with Gasteiger partial charge in [0.25, 0.3) is 0 Å². The predicted octanol–water partition coefficient (Wildman–Crippen LogP) is 1.37. The van der Waals surface area contributed by atoms with Crippen LogP contribution in [0.3, 0.4) is 0 Å². The van der Waals surface area contributed by atoms with Gasteiger partial charge in [-0.2, -0.15) is 0 Å². The van der Waals surface area contributed by atoms with Crippen LogP contribution in [0.15, 0.2) is 18.2 Å². The van der Waals surface area contributed by atoms with Crippen LogP contribution in [0.5, 0.6) is 5.75 Å². The van der Waals surface area contributed by atoms with Crippen molar-refractivity contribution in [2.75, 3.05) is 38.6 Å². The summed E-state index contributed by atoms with van der Waals surface area (Å²) in [6.07, 6.45) is -0.246. The van der Waals surface area contributed by atoms with Gasteiger partial charge in [0.15, 0.2) is 0 Å². The van der Waals surface area contributed by atoms with Gasteiger partial charge in [0.2, 0.25) is 17.7 Å². The third kappa shape index (κ3) is 4.61. The molecule has 1 aromatic carbocycles. The summed E-state index contributed by atoms with van der Waals surface area (Å²) >= 11 is 6.00. The summed E-state index contributed by atoms with van der Waals surface area (Å²) in [4.78, 5) is 38.7. The third-order valence-electron chi connectivity index (χ3n) is 3.83. The Morgan fingerprint density at radius 1 is 1.17 bits per heavy atom. The largest absolute Gasteiger partial charge is 0.495 e. The number of hydrogen-bond donors (Lipinski definition) is 1. The number of ether oxygens (including phenoxy) is 1. The normalized spacial score (nSPS) is 14.3. The molecule has 7 nitrogen and oxygen atoms in total. The van der Waals surface area contributed by atoms with E-state index in [4.69, 9.17) is 16.3 Å². The highest BCUT2D eigenvalue weighted by Crippen LogP contribution is 2.27. The van der Waals surface area contributed by atoms with Crippen molar-refractivity contribution >= 4 is 35.0 Å². The minimum absolute atomic E-state index is 0.00349.